The highest BCUT2D eigenvalue weighted by Crippen LogP contribution is 2.42. The van der Waals surface area contributed by atoms with Crippen LogP contribution in [0.1, 0.15) is 173 Å². The molecule has 4 heterocycles. The molecule has 5 fully saturated rings. The Balaban J connectivity index is 0.000000193. The summed E-state index contributed by atoms with van der Waals surface area (Å²) in [6.07, 6.45) is 21.0. The van der Waals surface area contributed by atoms with Crippen molar-refractivity contribution in [1.29, 1.82) is 0 Å². The van der Waals surface area contributed by atoms with Crippen LogP contribution in [0.4, 0.5) is 11.6 Å². The molecule has 57 heavy (non-hydrogen) atoms. The van der Waals surface area contributed by atoms with Gasteiger partial charge < -0.3 is 30.6 Å². The van der Waals surface area contributed by atoms with Crippen molar-refractivity contribution in [2.45, 2.75) is 160 Å². The molecule has 312 valence electrons. The Morgan fingerprint density at radius 2 is 1.12 bits per heavy atom. The van der Waals surface area contributed by atoms with Gasteiger partial charge in [-0.2, -0.15) is 0 Å². The van der Waals surface area contributed by atoms with Crippen LogP contribution in [0.15, 0.2) is 24.3 Å². The number of nitrogens with one attached hydrogen (secondary N) is 2. The number of aryl methyl sites for hydroxylation is 1. The van der Waals surface area contributed by atoms with Crippen molar-refractivity contribution in [2.24, 2.45) is 11.8 Å². The van der Waals surface area contributed by atoms with Crippen LogP contribution in [0.2, 0.25) is 0 Å². The van der Waals surface area contributed by atoms with Gasteiger partial charge in [0.1, 0.15) is 11.6 Å². The summed E-state index contributed by atoms with van der Waals surface area (Å²) in [6, 6.07) is 8.33. The molecule has 2 atom stereocenters. The van der Waals surface area contributed by atoms with Crippen LogP contribution in [0.25, 0.3) is 0 Å². The van der Waals surface area contributed by atoms with Crippen molar-refractivity contribution in [3.05, 3.63) is 46.8 Å². The van der Waals surface area contributed by atoms with Crippen molar-refractivity contribution in [1.82, 2.24) is 20.6 Å². The lowest BCUT2D eigenvalue weighted by atomic mass is 9.94. The third-order valence-corrected chi connectivity index (χ3v) is 12.6. The molecule has 3 saturated carbocycles. The van der Waals surface area contributed by atoms with Gasteiger partial charge in [0.2, 0.25) is 0 Å². The molecule has 2 aromatic heterocycles. The van der Waals surface area contributed by atoms with E-state index in [0.29, 0.717) is 17.5 Å². The van der Waals surface area contributed by atoms with Gasteiger partial charge in [-0.15, -0.1) is 0 Å². The average Bonchev–Trinajstić information content (AvgIpc) is 4.06. The number of unbranched alkanes of at least 4 members (excludes halogenated alkanes) is 1. The number of carboxylic acids is 2. The number of hydrogen-bond donors (Lipinski definition) is 4. The minimum absolute atomic E-state index is 0.00412. The zero-order valence-corrected chi connectivity index (χ0v) is 34.2. The fourth-order valence-electron chi connectivity index (χ4n) is 9.30. The van der Waals surface area contributed by atoms with Crippen LogP contribution in [-0.2, 0) is 16.0 Å². The Bertz CT molecular complexity index is 1670. The number of anilines is 2. The van der Waals surface area contributed by atoms with Crippen molar-refractivity contribution in [3.63, 3.8) is 0 Å². The van der Waals surface area contributed by atoms with Gasteiger partial charge in [-0.1, -0.05) is 51.9 Å². The monoisotopic (exact) mass is 787 g/mol. The summed E-state index contributed by atoms with van der Waals surface area (Å²) >= 11 is 0. The van der Waals surface area contributed by atoms with Gasteiger partial charge in [0.15, 0.2) is 0 Å². The summed E-state index contributed by atoms with van der Waals surface area (Å²) in [4.78, 5) is 62.2. The van der Waals surface area contributed by atoms with Crippen LogP contribution < -0.4 is 20.4 Å². The maximum atomic E-state index is 12.9. The van der Waals surface area contributed by atoms with Gasteiger partial charge in [0.05, 0.1) is 22.5 Å². The first-order valence-electron chi connectivity index (χ1n) is 22.2. The number of hydrogen-bond acceptors (Lipinski definition) is 8. The van der Waals surface area contributed by atoms with Gasteiger partial charge in [0.25, 0.3) is 11.8 Å². The van der Waals surface area contributed by atoms with Crippen molar-refractivity contribution >= 4 is 35.4 Å². The largest absolute Gasteiger partial charge is 0.481 e. The minimum atomic E-state index is -0.733. The van der Waals surface area contributed by atoms with E-state index in [-0.39, 0.29) is 42.5 Å². The fourth-order valence-corrected chi connectivity index (χ4v) is 9.30. The molecule has 3 aliphatic carbocycles. The first-order chi connectivity index (χ1) is 27.7. The maximum Gasteiger partial charge on any atom is 0.303 e. The quantitative estimate of drug-likeness (QED) is 0.148. The summed E-state index contributed by atoms with van der Waals surface area (Å²) in [5.74, 6) is 1.07. The number of pyridine rings is 2. The molecule has 2 saturated heterocycles. The highest BCUT2D eigenvalue weighted by Gasteiger charge is 2.32. The number of nitrogens with zero attached hydrogens (tertiary/aromatic N) is 4. The average molecular weight is 787 g/mol. The SMILES string of the molecule is CCCCc1nc(N2CCC[C@@H](CC(=O)O)C2)ccc1C(=O)NC1CCCCC1.O=C(O)C[C@@H]1CCCN(c2ccc(C(=O)NC3CCCCC3)c(C3CC3)n2)C1. The van der Waals surface area contributed by atoms with E-state index in [1.165, 1.54) is 38.5 Å². The predicted octanol–water partition coefficient (Wildman–Crippen LogP) is 7.89. The highest BCUT2D eigenvalue weighted by atomic mass is 16.4. The Morgan fingerprint density at radius 1 is 0.632 bits per heavy atom. The Labute approximate surface area is 339 Å². The number of carboxylic acid groups (broad SMARTS) is 2. The molecule has 5 aliphatic rings. The van der Waals surface area contributed by atoms with E-state index in [0.717, 1.165) is 138 Å². The Morgan fingerprint density at radius 3 is 1.61 bits per heavy atom. The molecule has 12 heteroatoms. The number of aliphatic carboxylic acids is 2. The van der Waals surface area contributed by atoms with Gasteiger partial charge in [-0.3, -0.25) is 19.2 Å². The normalized spacial score (nSPS) is 21.9. The van der Waals surface area contributed by atoms with E-state index < -0.39 is 11.9 Å². The molecular formula is C45H66N6O6. The van der Waals surface area contributed by atoms with E-state index in [1.807, 2.05) is 24.3 Å². The smallest absolute Gasteiger partial charge is 0.303 e. The lowest BCUT2D eigenvalue weighted by Gasteiger charge is -2.33. The van der Waals surface area contributed by atoms with Gasteiger partial charge in [-0.25, -0.2) is 9.97 Å². The molecular weight excluding hydrogens is 721 g/mol. The third kappa shape index (κ3) is 12.6. The number of carbonyl (C=O) groups excluding carboxylic acids is 2. The molecule has 4 N–H and O–H groups in total. The molecule has 2 amide bonds. The molecule has 2 aliphatic heterocycles. The number of piperidine rings is 2. The molecule has 0 radical (unpaired) electrons. The Kier molecular flexibility index (Phi) is 15.6. The first-order valence-corrected chi connectivity index (χ1v) is 22.2. The topological polar surface area (TPSA) is 165 Å². The van der Waals surface area contributed by atoms with Gasteiger partial charge >= 0.3 is 11.9 Å². The summed E-state index contributed by atoms with van der Waals surface area (Å²) in [5.41, 5.74) is 3.24. The van der Waals surface area contributed by atoms with E-state index in [4.69, 9.17) is 20.2 Å². The molecule has 0 unspecified atom stereocenters. The van der Waals surface area contributed by atoms with Gasteiger partial charge in [-0.05, 0) is 113 Å². The van der Waals surface area contributed by atoms with Crippen LogP contribution in [0.3, 0.4) is 0 Å². The molecule has 7 rings (SSSR count). The minimum Gasteiger partial charge on any atom is -0.481 e. The zero-order valence-electron chi connectivity index (χ0n) is 34.2. The van der Waals surface area contributed by atoms with E-state index in [1.54, 1.807) is 0 Å². The third-order valence-electron chi connectivity index (χ3n) is 12.6. The second-order valence-electron chi connectivity index (χ2n) is 17.4. The summed E-state index contributed by atoms with van der Waals surface area (Å²) in [6.45, 7) is 5.40. The molecule has 0 bridgehead atoms. The zero-order chi connectivity index (χ0) is 40.1. The van der Waals surface area contributed by atoms with Crippen LogP contribution in [0.5, 0.6) is 0 Å². The maximum absolute atomic E-state index is 12.9. The summed E-state index contributed by atoms with van der Waals surface area (Å²) < 4.78 is 0. The molecule has 2 aromatic rings. The number of rotatable bonds is 14. The van der Waals surface area contributed by atoms with Crippen LogP contribution >= 0.6 is 0 Å². The van der Waals surface area contributed by atoms with Crippen LogP contribution in [0, 0.1) is 11.8 Å². The van der Waals surface area contributed by atoms with Crippen molar-refractivity contribution in [2.75, 3.05) is 36.0 Å². The number of carbonyl (C=O) groups is 4. The predicted molar refractivity (Wildman–Crippen MR) is 222 cm³/mol. The standard InChI is InChI=1S/C23H35N3O3.C22H31N3O3/c1-2-3-11-20-19(23(29)24-18-9-5-4-6-10-18)12-13-21(25-20)26-14-7-8-17(16-26)15-22(27)28;26-20(27)13-15-5-4-12-25(14-15)19-11-10-18(21(24-19)16-8-9-16)22(28)23-17-6-2-1-3-7-17/h12-13,17-18H,2-11,14-16H2,1H3,(H,24,29)(H,27,28);10-11,15-17H,1-9,12-14H2,(H,23,28)(H,26,27)/t17-;15-/m00/s1. The summed E-state index contributed by atoms with van der Waals surface area (Å²) in [5, 5.41) is 24.7. The molecule has 0 spiro atoms. The first kappa shape index (κ1) is 42.4. The second kappa shape index (κ2) is 21.0. The number of amides is 2. The fraction of sp³-hybridized carbons (Fsp3) is 0.689. The van der Waals surface area contributed by atoms with Crippen molar-refractivity contribution < 1.29 is 29.4 Å². The van der Waals surface area contributed by atoms with E-state index in [2.05, 4.69) is 27.4 Å². The van der Waals surface area contributed by atoms with Gasteiger partial charge in [0, 0.05) is 57.0 Å². The summed E-state index contributed by atoms with van der Waals surface area (Å²) in [7, 11) is 0. The van der Waals surface area contributed by atoms with Crippen molar-refractivity contribution in [3.8, 4) is 0 Å². The van der Waals surface area contributed by atoms with E-state index in [9.17, 15) is 19.2 Å². The molecule has 0 aromatic carbocycles. The Hall–Kier alpha value is -4.22. The highest BCUT2D eigenvalue weighted by molar-refractivity contribution is 5.96. The second-order valence-corrected chi connectivity index (χ2v) is 17.4. The van der Waals surface area contributed by atoms with E-state index >= 15 is 0 Å². The lowest BCUT2D eigenvalue weighted by Crippen LogP contribution is -2.38. The lowest BCUT2D eigenvalue weighted by molar-refractivity contribution is -0.139. The van der Waals surface area contributed by atoms with Crippen LogP contribution in [-0.4, -0.2) is 82.2 Å². The molecule has 12 nitrogen and oxygen atoms in total. The number of aromatic nitrogens is 2.